The van der Waals surface area contributed by atoms with Crippen LogP contribution in [0, 0.1) is 6.92 Å². The number of aryl methyl sites for hydroxylation is 2. The first-order valence-corrected chi connectivity index (χ1v) is 9.02. The second kappa shape index (κ2) is 7.91. The highest BCUT2D eigenvalue weighted by Crippen LogP contribution is 2.33. The minimum atomic E-state index is -0.770. The van der Waals surface area contributed by atoms with Crippen LogP contribution in [0.25, 0.3) is 11.0 Å². The second-order valence-corrected chi connectivity index (χ2v) is 6.39. The molecule has 0 saturated carbocycles. The van der Waals surface area contributed by atoms with E-state index in [0.29, 0.717) is 30.1 Å². The van der Waals surface area contributed by atoms with Gasteiger partial charge in [0.15, 0.2) is 6.10 Å². The molecule has 1 aliphatic rings. The number of fused-ring (bicyclic) bond motifs is 3. The first-order valence-electron chi connectivity index (χ1n) is 9.02. The molecule has 2 aromatic rings. The van der Waals surface area contributed by atoms with Crippen molar-refractivity contribution in [3.63, 3.8) is 0 Å². The third-order valence-corrected chi connectivity index (χ3v) is 4.65. The quantitative estimate of drug-likeness (QED) is 0.429. The van der Waals surface area contributed by atoms with Gasteiger partial charge in [0.25, 0.3) is 0 Å². The van der Waals surface area contributed by atoms with E-state index in [1.165, 1.54) is 0 Å². The smallest absolute Gasteiger partial charge is 0.347 e. The molecule has 6 heteroatoms. The Morgan fingerprint density at radius 2 is 2.00 bits per heavy atom. The van der Waals surface area contributed by atoms with E-state index in [1.54, 1.807) is 6.92 Å². The maximum absolute atomic E-state index is 12.2. The van der Waals surface area contributed by atoms with E-state index in [0.717, 1.165) is 35.8 Å². The lowest BCUT2D eigenvalue weighted by molar-refractivity contribution is -0.152. The van der Waals surface area contributed by atoms with Gasteiger partial charge in [0.2, 0.25) is 0 Å². The molecule has 0 radical (unpaired) electrons. The summed E-state index contributed by atoms with van der Waals surface area (Å²) < 4.78 is 21.6. The summed E-state index contributed by atoms with van der Waals surface area (Å²) in [5, 5.41) is 0.953. The highest BCUT2D eigenvalue weighted by Gasteiger charge is 2.23. The maximum Gasteiger partial charge on any atom is 0.347 e. The van der Waals surface area contributed by atoms with Crippen molar-refractivity contribution in [2.45, 2.75) is 46.1 Å². The maximum atomic E-state index is 12.2. The van der Waals surface area contributed by atoms with E-state index in [9.17, 15) is 9.59 Å². The number of rotatable bonds is 7. The van der Waals surface area contributed by atoms with Crippen LogP contribution in [0.15, 0.2) is 21.3 Å². The highest BCUT2D eigenvalue weighted by molar-refractivity contribution is 5.86. The van der Waals surface area contributed by atoms with Crippen LogP contribution in [0.2, 0.25) is 0 Å². The molecule has 0 spiro atoms. The highest BCUT2D eigenvalue weighted by atomic mass is 16.6. The molecule has 3 rings (SSSR count). The monoisotopic (exact) mass is 360 g/mol. The Labute approximate surface area is 152 Å². The van der Waals surface area contributed by atoms with Crippen molar-refractivity contribution in [1.82, 2.24) is 0 Å². The summed E-state index contributed by atoms with van der Waals surface area (Å²) in [6.45, 7) is 6.47. The third kappa shape index (κ3) is 3.60. The summed E-state index contributed by atoms with van der Waals surface area (Å²) >= 11 is 0. The minimum absolute atomic E-state index is 0.193. The van der Waals surface area contributed by atoms with Gasteiger partial charge in [0, 0.05) is 23.1 Å². The van der Waals surface area contributed by atoms with E-state index in [1.807, 2.05) is 26.0 Å². The fourth-order valence-electron chi connectivity index (χ4n) is 3.29. The van der Waals surface area contributed by atoms with Gasteiger partial charge < -0.3 is 18.6 Å². The lowest BCUT2D eigenvalue weighted by Gasteiger charge is -2.16. The molecule has 0 fully saturated rings. The van der Waals surface area contributed by atoms with Gasteiger partial charge >= 0.3 is 11.6 Å². The van der Waals surface area contributed by atoms with Crippen molar-refractivity contribution in [2.75, 3.05) is 19.8 Å². The fourth-order valence-corrected chi connectivity index (χ4v) is 3.29. The minimum Gasteiger partial charge on any atom is -0.479 e. The Bertz CT molecular complexity index is 867. The number of carbonyl (C=O) groups excluding carboxylic acids is 1. The first-order chi connectivity index (χ1) is 12.5. The molecule has 0 bridgehead atoms. The number of hydrogen-bond donors (Lipinski definition) is 0. The van der Waals surface area contributed by atoms with E-state index in [2.05, 4.69) is 0 Å². The van der Waals surface area contributed by atoms with Gasteiger partial charge in [-0.1, -0.05) is 0 Å². The topological polar surface area (TPSA) is 75.0 Å². The molecule has 6 nitrogen and oxygen atoms in total. The average molecular weight is 360 g/mol. The molecule has 0 saturated heterocycles. The van der Waals surface area contributed by atoms with Crippen molar-refractivity contribution in [3.05, 3.63) is 39.2 Å². The van der Waals surface area contributed by atoms with Crippen LogP contribution in [-0.4, -0.2) is 31.9 Å². The largest absolute Gasteiger partial charge is 0.479 e. The van der Waals surface area contributed by atoms with Crippen molar-refractivity contribution >= 4 is 16.9 Å². The number of benzene rings is 1. The zero-order valence-corrected chi connectivity index (χ0v) is 15.4. The van der Waals surface area contributed by atoms with Crippen LogP contribution < -0.4 is 10.4 Å². The molecule has 0 amide bonds. The van der Waals surface area contributed by atoms with Gasteiger partial charge in [-0.2, -0.15) is 0 Å². The summed E-state index contributed by atoms with van der Waals surface area (Å²) in [6.07, 6.45) is 1.87. The van der Waals surface area contributed by atoms with Gasteiger partial charge in [-0.3, -0.25) is 0 Å². The third-order valence-electron chi connectivity index (χ3n) is 4.65. The summed E-state index contributed by atoms with van der Waals surface area (Å²) in [7, 11) is 0. The van der Waals surface area contributed by atoms with Gasteiger partial charge in [-0.25, -0.2) is 9.59 Å². The summed E-state index contributed by atoms with van der Waals surface area (Å²) in [6, 6.07) is 3.72. The molecular formula is C20H24O6. The normalized spacial score (nSPS) is 14.3. The van der Waals surface area contributed by atoms with Gasteiger partial charge in [-0.05, 0) is 57.7 Å². The molecule has 1 aromatic carbocycles. The lowest BCUT2D eigenvalue weighted by Crippen LogP contribution is -2.27. The van der Waals surface area contributed by atoms with Crippen LogP contribution in [0.3, 0.4) is 0 Å². The van der Waals surface area contributed by atoms with Crippen LogP contribution in [0.4, 0.5) is 0 Å². The number of carbonyl (C=O) groups is 1. The first kappa shape index (κ1) is 18.5. The molecule has 26 heavy (non-hydrogen) atoms. The van der Waals surface area contributed by atoms with Gasteiger partial charge in [-0.15, -0.1) is 0 Å². The van der Waals surface area contributed by atoms with Gasteiger partial charge in [0.05, 0.1) is 6.61 Å². The molecule has 1 atom stereocenters. The van der Waals surface area contributed by atoms with Crippen molar-refractivity contribution in [1.29, 1.82) is 0 Å². The Morgan fingerprint density at radius 1 is 1.23 bits per heavy atom. The molecule has 140 valence electrons. The second-order valence-electron chi connectivity index (χ2n) is 6.39. The van der Waals surface area contributed by atoms with Crippen LogP contribution in [0.1, 0.15) is 37.0 Å². The Balaban J connectivity index is 1.79. The van der Waals surface area contributed by atoms with E-state index < -0.39 is 12.1 Å². The molecular weight excluding hydrogens is 336 g/mol. The standard InChI is InChI=1S/C20H24O6/c1-4-23-10-11-24-19(21)13(3)25-17-9-8-15-14-6-5-7-16(14)20(22)26-18(15)12(17)2/h8-9,13H,4-7,10-11H2,1-3H3/t13-/m1/s1. The SMILES string of the molecule is CCOCCOC(=O)[C@@H](C)Oc1ccc2c3c(c(=O)oc2c1C)CCC3. The predicted octanol–water partition coefficient (Wildman–Crippen LogP) is 2.94. The van der Waals surface area contributed by atoms with E-state index in [-0.39, 0.29) is 12.2 Å². The average Bonchev–Trinajstić information content (AvgIpc) is 3.12. The number of esters is 1. The molecule has 0 aliphatic heterocycles. The van der Waals surface area contributed by atoms with Crippen LogP contribution in [-0.2, 0) is 27.1 Å². The molecule has 1 aromatic heterocycles. The fraction of sp³-hybridized carbons (Fsp3) is 0.500. The summed E-state index contributed by atoms with van der Waals surface area (Å²) in [5.41, 5.74) is 2.84. The molecule has 0 N–H and O–H groups in total. The summed E-state index contributed by atoms with van der Waals surface area (Å²) in [4.78, 5) is 24.2. The Kier molecular flexibility index (Phi) is 5.61. The van der Waals surface area contributed by atoms with Crippen LogP contribution >= 0.6 is 0 Å². The van der Waals surface area contributed by atoms with E-state index >= 15 is 0 Å². The number of ether oxygens (including phenoxy) is 3. The number of hydrogen-bond acceptors (Lipinski definition) is 6. The van der Waals surface area contributed by atoms with Crippen molar-refractivity contribution in [3.8, 4) is 5.75 Å². The predicted molar refractivity (Wildman–Crippen MR) is 96.8 cm³/mol. The Morgan fingerprint density at radius 3 is 2.77 bits per heavy atom. The summed E-state index contributed by atoms with van der Waals surface area (Å²) in [5.74, 6) is 0.0486. The molecule has 1 heterocycles. The zero-order chi connectivity index (χ0) is 18.7. The van der Waals surface area contributed by atoms with Crippen LogP contribution in [0.5, 0.6) is 5.75 Å². The molecule has 0 unspecified atom stereocenters. The Hall–Kier alpha value is -2.34. The lowest BCUT2D eigenvalue weighted by atomic mass is 10.0. The molecule has 1 aliphatic carbocycles. The van der Waals surface area contributed by atoms with Crippen molar-refractivity contribution in [2.24, 2.45) is 0 Å². The van der Waals surface area contributed by atoms with Gasteiger partial charge in [0.1, 0.15) is 17.9 Å². The zero-order valence-electron chi connectivity index (χ0n) is 15.4. The van der Waals surface area contributed by atoms with E-state index in [4.69, 9.17) is 18.6 Å². The van der Waals surface area contributed by atoms with Crippen molar-refractivity contribution < 1.29 is 23.4 Å².